The Morgan fingerprint density at radius 1 is 0.966 bits per heavy atom. The van der Waals surface area contributed by atoms with Crippen molar-refractivity contribution in [1.29, 1.82) is 0 Å². The van der Waals surface area contributed by atoms with E-state index >= 15 is 0 Å². The van der Waals surface area contributed by atoms with Crippen LogP contribution in [0.5, 0.6) is 0 Å². The number of anilines is 1. The molecule has 0 spiro atoms. The number of carbonyl (C=O) groups excluding carboxylic acids is 3. The smallest absolute Gasteiger partial charge is 0.319 e. The van der Waals surface area contributed by atoms with Gasteiger partial charge in [-0.15, -0.1) is 0 Å². The number of nitrogens with one attached hydrogen (secondary N) is 2. The Hall–Kier alpha value is -2.61. The van der Waals surface area contributed by atoms with Crippen molar-refractivity contribution in [2.45, 2.75) is 32.7 Å². The number of urea groups is 1. The maximum atomic E-state index is 12.9. The highest BCUT2D eigenvalue weighted by Crippen LogP contribution is 2.15. The Morgan fingerprint density at radius 2 is 1.66 bits per heavy atom. The second-order valence-electron chi connectivity index (χ2n) is 7.99. The fourth-order valence-corrected chi connectivity index (χ4v) is 3.71. The van der Waals surface area contributed by atoms with Crippen LogP contribution in [0, 0.1) is 0 Å². The molecule has 0 aromatic heterocycles. The van der Waals surface area contributed by atoms with Crippen molar-refractivity contribution < 1.29 is 14.4 Å². The summed E-state index contributed by atoms with van der Waals surface area (Å²) in [6, 6.07) is 6.74. The monoisotopic (exact) mass is 401 g/mol. The van der Waals surface area contributed by atoms with Crippen LogP contribution < -0.4 is 10.6 Å². The molecule has 3 rings (SSSR count). The van der Waals surface area contributed by atoms with Gasteiger partial charge in [0.15, 0.2) is 0 Å². The molecule has 0 radical (unpaired) electrons. The molecule has 29 heavy (non-hydrogen) atoms. The van der Waals surface area contributed by atoms with Crippen LogP contribution in [0.4, 0.5) is 10.5 Å². The summed E-state index contributed by atoms with van der Waals surface area (Å²) in [6.45, 7) is 8.53. The van der Waals surface area contributed by atoms with Crippen LogP contribution >= 0.6 is 0 Å². The number of rotatable bonds is 5. The van der Waals surface area contributed by atoms with E-state index in [2.05, 4.69) is 15.5 Å². The minimum atomic E-state index is -0.291. The second-order valence-corrected chi connectivity index (χ2v) is 7.99. The molecule has 0 unspecified atom stereocenters. The predicted molar refractivity (Wildman–Crippen MR) is 112 cm³/mol. The van der Waals surface area contributed by atoms with E-state index in [0.717, 1.165) is 25.9 Å². The minimum absolute atomic E-state index is 0.0356. The van der Waals surface area contributed by atoms with E-state index in [1.54, 1.807) is 24.3 Å². The maximum absolute atomic E-state index is 12.9. The van der Waals surface area contributed by atoms with Crippen LogP contribution in [0.15, 0.2) is 24.3 Å². The molecular formula is C21H31N5O3. The fourth-order valence-electron chi connectivity index (χ4n) is 3.71. The number of likely N-dealkylation sites (tertiary alicyclic amines) is 1. The highest BCUT2D eigenvalue weighted by molar-refractivity contribution is 5.97. The van der Waals surface area contributed by atoms with Crippen molar-refractivity contribution in [3.8, 4) is 0 Å². The molecule has 8 heteroatoms. The van der Waals surface area contributed by atoms with E-state index in [-0.39, 0.29) is 23.9 Å². The van der Waals surface area contributed by atoms with E-state index in [0.29, 0.717) is 44.0 Å². The first-order chi connectivity index (χ1) is 13.9. The Morgan fingerprint density at radius 3 is 2.31 bits per heavy atom. The molecule has 2 heterocycles. The Labute approximate surface area is 172 Å². The lowest BCUT2D eigenvalue weighted by Gasteiger charge is -2.35. The summed E-state index contributed by atoms with van der Waals surface area (Å²) < 4.78 is 0. The lowest BCUT2D eigenvalue weighted by atomic mass is 10.1. The molecule has 8 nitrogen and oxygen atoms in total. The van der Waals surface area contributed by atoms with E-state index in [1.807, 2.05) is 23.6 Å². The van der Waals surface area contributed by atoms with Crippen LogP contribution in [0.1, 0.15) is 37.0 Å². The molecule has 0 aliphatic carbocycles. The number of hydrogen-bond donors (Lipinski definition) is 2. The Kier molecular flexibility index (Phi) is 7.09. The molecule has 0 atom stereocenters. The van der Waals surface area contributed by atoms with E-state index in [1.165, 1.54) is 0 Å². The fraction of sp³-hybridized carbons (Fsp3) is 0.571. The van der Waals surface area contributed by atoms with Crippen molar-refractivity contribution in [2.75, 3.05) is 51.1 Å². The third-order valence-electron chi connectivity index (χ3n) is 5.26. The van der Waals surface area contributed by atoms with Gasteiger partial charge in [0.05, 0.1) is 6.54 Å². The van der Waals surface area contributed by atoms with Gasteiger partial charge in [-0.3, -0.25) is 14.5 Å². The molecule has 4 amide bonds. The van der Waals surface area contributed by atoms with Gasteiger partial charge in [0, 0.05) is 56.6 Å². The third kappa shape index (κ3) is 5.93. The van der Waals surface area contributed by atoms with Crippen molar-refractivity contribution in [3.05, 3.63) is 29.8 Å². The maximum Gasteiger partial charge on any atom is 0.319 e. The van der Waals surface area contributed by atoms with E-state index < -0.39 is 0 Å². The van der Waals surface area contributed by atoms with Gasteiger partial charge in [-0.2, -0.15) is 0 Å². The normalized spacial score (nSPS) is 17.5. The number of benzene rings is 1. The van der Waals surface area contributed by atoms with Crippen molar-refractivity contribution in [1.82, 2.24) is 20.0 Å². The number of amides is 4. The molecule has 2 N–H and O–H groups in total. The average molecular weight is 402 g/mol. The zero-order chi connectivity index (χ0) is 20.8. The summed E-state index contributed by atoms with van der Waals surface area (Å²) in [6.07, 6.45) is 2.20. The lowest BCUT2D eigenvalue weighted by molar-refractivity contribution is -0.131. The first kappa shape index (κ1) is 21.1. The average Bonchev–Trinajstić information content (AvgIpc) is 3.22. The molecule has 0 saturated carbocycles. The van der Waals surface area contributed by atoms with Crippen molar-refractivity contribution in [2.24, 2.45) is 0 Å². The number of carbonyl (C=O) groups is 3. The van der Waals surface area contributed by atoms with Gasteiger partial charge < -0.3 is 20.4 Å². The topological polar surface area (TPSA) is 85.0 Å². The van der Waals surface area contributed by atoms with Gasteiger partial charge in [0.2, 0.25) is 5.91 Å². The van der Waals surface area contributed by atoms with Crippen LogP contribution in [-0.2, 0) is 4.79 Å². The predicted octanol–water partition coefficient (Wildman–Crippen LogP) is 1.60. The summed E-state index contributed by atoms with van der Waals surface area (Å²) >= 11 is 0. The van der Waals surface area contributed by atoms with Gasteiger partial charge in [0.1, 0.15) is 0 Å². The second kappa shape index (κ2) is 9.73. The van der Waals surface area contributed by atoms with Gasteiger partial charge in [-0.05, 0) is 44.9 Å². The minimum Gasteiger partial charge on any atom is -0.342 e. The summed E-state index contributed by atoms with van der Waals surface area (Å²) in [4.78, 5) is 42.9. The Bertz CT molecular complexity index is 738. The first-order valence-corrected chi connectivity index (χ1v) is 10.4. The van der Waals surface area contributed by atoms with Gasteiger partial charge >= 0.3 is 6.03 Å². The SMILES string of the molecule is CC(C)NC(=O)Nc1cccc(C(=O)N2CCN(CC(=O)N3CCCC3)CC2)c1. The highest BCUT2D eigenvalue weighted by Gasteiger charge is 2.26. The summed E-state index contributed by atoms with van der Waals surface area (Å²) in [5.41, 5.74) is 1.14. The van der Waals surface area contributed by atoms with Gasteiger partial charge in [-0.1, -0.05) is 6.07 Å². The summed E-state index contributed by atoms with van der Waals surface area (Å²) in [5, 5.41) is 5.52. The standard InChI is InChI=1S/C21H31N5O3/c1-16(2)22-21(29)23-18-7-5-6-17(14-18)20(28)26-12-10-24(11-13-26)15-19(27)25-8-3-4-9-25/h5-7,14,16H,3-4,8-13,15H2,1-2H3,(H2,22,23,29). The van der Waals surface area contributed by atoms with Crippen LogP contribution in [0.25, 0.3) is 0 Å². The molecule has 0 bridgehead atoms. The molecule has 158 valence electrons. The molecule has 2 fully saturated rings. The van der Waals surface area contributed by atoms with Crippen molar-refractivity contribution in [3.63, 3.8) is 0 Å². The van der Waals surface area contributed by atoms with Crippen LogP contribution in [0.2, 0.25) is 0 Å². The largest absolute Gasteiger partial charge is 0.342 e. The molecule has 2 aliphatic heterocycles. The number of nitrogens with zero attached hydrogens (tertiary/aromatic N) is 3. The quantitative estimate of drug-likeness (QED) is 0.785. The van der Waals surface area contributed by atoms with E-state index in [9.17, 15) is 14.4 Å². The lowest BCUT2D eigenvalue weighted by Crippen LogP contribution is -2.51. The molecule has 2 aliphatic rings. The zero-order valence-electron chi connectivity index (χ0n) is 17.3. The van der Waals surface area contributed by atoms with Crippen LogP contribution in [-0.4, -0.2) is 84.4 Å². The molecule has 2 saturated heterocycles. The molecule has 1 aromatic rings. The van der Waals surface area contributed by atoms with Gasteiger partial charge in [0.25, 0.3) is 5.91 Å². The van der Waals surface area contributed by atoms with Crippen LogP contribution in [0.3, 0.4) is 0 Å². The van der Waals surface area contributed by atoms with E-state index in [4.69, 9.17) is 0 Å². The molecule has 1 aromatic carbocycles. The third-order valence-corrected chi connectivity index (χ3v) is 5.26. The zero-order valence-corrected chi connectivity index (χ0v) is 17.3. The number of hydrogen-bond acceptors (Lipinski definition) is 4. The number of piperazine rings is 1. The molecular weight excluding hydrogens is 370 g/mol. The highest BCUT2D eigenvalue weighted by atomic mass is 16.2. The summed E-state index contributed by atoms with van der Waals surface area (Å²) in [7, 11) is 0. The van der Waals surface area contributed by atoms with Gasteiger partial charge in [-0.25, -0.2) is 4.79 Å². The first-order valence-electron chi connectivity index (χ1n) is 10.4. The summed E-state index contributed by atoms with van der Waals surface area (Å²) in [5.74, 6) is 0.143. The Balaban J connectivity index is 1.50. The van der Waals surface area contributed by atoms with Crippen molar-refractivity contribution >= 4 is 23.5 Å².